The van der Waals surface area contributed by atoms with Gasteiger partial charge in [-0.2, -0.15) is 21.4 Å². The number of allylic oxidation sites excluding steroid dienone is 6. The number of amidine groups is 1. The van der Waals surface area contributed by atoms with Crippen molar-refractivity contribution in [3.63, 3.8) is 0 Å². The van der Waals surface area contributed by atoms with Crippen molar-refractivity contribution in [3.05, 3.63) is 83.6 Å². The molecule has 58 heteroatoms. The van der Waals surface area contributed by atoms with Gasteiger partial charge in [-0.25, -0.2) is 0 Å². The Kier molecular flexibility index (Phi) is 52.1. The van der Waals surface area contributed by atoms with Gasteiger partial charge < -0.3 is 147 Å². The lowest BCUT2D eigenvalue weighted by Crippen LogP contribution is -2.60. The van der Waals surface area contributed by atoms with Gasteiger partial charge in [0.25, 0.3) is 20.2 Å². The van der Waals surface area contributed by atoms with Crippen LogP contribution in [0.15, 0.2) is 82.3 Å². The number of primary amides is 1. The molecule has 55 nitrogen and oxygen atoms in total. The molecule has 0 radical (unpaired) electrons. The number of nitrogens with one attached hydrogen (secondary N) is 25. The Labute approximate surface area is 876 Å². The molecule has 0 bridgehead atoms. The predicted octanol–water partition coefficient (Wildman–Crippen LogP) is -4.80. The number of anilines is 1. The molecule has 5 rings (SSSR count). The van der Waals surface area contributed by atoms with Crippen molar-refractivity contribution in [2.24, 2.45) is 51.6 Å². The summed E-state index contributed by atoms with van der Waals surface area (Å²) < 4.78 is 71.0. The Morgan fingerprint density at radius 2 is 0.780 bits per heavy atom. The number of nitrogens with zero attached hydrogens (tertiary/aromatic N) is 3. The van der Waals surface area contributed by atoms with Crippen LogP contribution in [0, 0.1) is 43.3 Å². The van der Waals surface area contributed by atoms with Gasteiger partial charge in [0.2, 0.25) is 76.6 Å². The van der Waals surface area contributed by atoms with E-state index in [1.54, 1.807) is 12.1 Å². The van der Waals surface area contributed by atoms with Crippen molar-refractivity contribution < 1.29 is 88.1 Å². The van der Waals surface area contributed by atoms with Gasteiger partial charge in [-0.15, -0.1) is 11.8 Å². The summed E-state index contributed by atoms with van der Waals surface area (Å²) in [6.45, 7) is 10.5. The Hall–Kier alpha value is -14.5. The van der Waals surface area contributed by atoms with Gasteiger partial charge in [0.05, 0.1) is 32.3 Å². The van der Waals surface area contributed by atoms with Crippen molar-refractivity contribution >= 4 is 168 Å². The number of imide groups is 1. The molecular weight excluding hydrogens is 2010 g/mol. The summed E-state index contributed by atoms with van der Waals surface area (Å²) in [7, 11) is -7.52. The number of thioether (sulfide) groups is 1. The maximum atomic E-state index is 15.1. The summed E-state index contributed by atoms with van der Waals surface area (Å²) >= 11 is 0.828. The van der Waals surface area contributed by atoms with Crippen molar-refractivity contribution in [2.45, 2.75) is 263 Å². The number of likely N-dealkylation sites (N-methyl/N-ethyl adjacent to an activating group) is 1. The Balaban J connectivity index is 1.33. The molecule has 12 amide bonds. The fourth-order valence-electron chi connectivity index (χ4n) is 17.0. The Bertz CT molecular complexity index is 5530. The molecule has 0 aromatic heterocycles. The maximum Gasteiger partial charge on any atom is 0.294 e. The fourth-order valence-corrected chi connectivity index (χ4v) is 19.2. The lowest BCUT2D eigenvalue weighted by Gasteiger charge is -2.28. The molecule has 0 aliphatic carbocycles. The molecule has 832 valence electrons. The smallest absolute Gasteiger partial charge is 0.294 e. The average Bonchev–Trinajstić information content (AvgIpc) is 1.59. The highest BCUT2D eigenvalue weighted by atomic mass is 32.2. The van der Waals surface area contributed by atoms with Crippen LogP contribution in [0.5, 0.6) is 0 Å². The minimum Gasteiger partial charge on any atom is -0.388 e. The second-order valence-electron chi connectivity index (χ2n) is 37.1. The van der Waals surface area contributed by atoms with E-state index in [0.717, 1.165) is 39.3 Å². The van der Waals surface area contributed by atoms with Gasteiger partial charge in [0.15, 0.2) is 47.4 Å². The van der Waals surface area contributed by atoms with E-state index in [1.807, 2.05) is 65.0 Å². The Morgan fingerprint density at radius 1 is 0.427 bits per heavy atom. The highest BCUT2D eigenvalue weighted by molar-refractivity contribution is 8.00. The summed E-state index contributed by atoms with van der Waals surface area (Å²) in [4.78, 5) is 175. The molecule has 1 fully saturated rings. The van der Waals surface area contributed by atoms with Gasteiger partial charge in [0, 0.05) is 125 Å². The van der Waals surface area contributed by atoms with Crippen LogP contribution in [-0.2, 0) is 88.6 Å². The standard InChI is InChI=1S/C92H153N37O18S3/c1-7-127-66-37-35-53(149(142,143)144)49-55(66)91(2,3)69(127)31-10-8-11-32-70-92(4,5)56-50-54(150(145,146)147)36-38-67(56)128(70)47-15-9-12-34-72(130)111-46-48-129-73(131)51-68(83(129)141)148-52-65(74(95)132)126-82(140)58(23-13-14-33-71(93)94)120-77(135)60(26-18-41-114-86(100)101)122-79(137)62(28-20-43-116-88(104)105)124-81(139)64(30-22-45-118-90(108)109)125-80(138)63(29-21-44-117-89(106)107)123-78(136)61(27-19-42-115-87(102)103)121-76(134)59(25-17-40-113-85(98)99)119-75(133)57(110-6)24-16-39-112-84(96)97/h8,10-11,31-32,35-38,49-50,57-65,68,110H,7,9,12-30,33-34,39-48,51-52H2,1-6H3,(H43-,93,94,95,96,97,98,99,100,101,102,103,104,105,106,107,108,109,111,112,113,114,115,116,117,118,119,120,121,122,123,124,125,126,130,132,133,134,135,136,137,138,139,140,142,143,144,145,146,147)/p+1/t57-,58-,59-,60-,61-,62-,63-,64-,65-,68?/m1/s1. The number of hydrogen-bond donors (Lipinski definition) is 36. The number of carbonyl (C=O) groups excluding carboxylic acids is 12. The highest BCUT2D eigenvalue weighted by Crippen LogP contribution is 2.49. The topological polar surface area (TPSA) is 953 Å². The number of likely N-dealkylation sites (tertiary alicyclic amines) is 1. The zero-order chi connectivity index (χ0) is 112. The van der Waals surface area contributed by atoms with Gasteiger partial charge in [-0.1, -0.05) is 44.9 Å². The number of carbonyl (C=O) groups is 12. The first-order valence-electron chi connectivity index (χ1n) is 49.4. The second-order valence-corrected chi connectivity index (χ2v) is 41.2. The summed E-state index contributed by atoms with van der Waals surface area (Å²) in [5.41, 5.74) is 53.7. The molecule has 45 N–H and O–H groups in total. The van der Waals surface area contributed by atoms with Gasteiger partial charge in [-0.05, 0) is 185 Å². The van der Waals surface area contributed by atoms with Crippen LogP contribution in [0.3, 0.4) is 0 Å². The number of unbranched alkanes of at least 4 members (excludes halogenated alkanes) is 3. The zero-order valence-corrected chi connectivity index (χ0v) is 88.0. The molecule has 10 atom stereocenters. The first kappa shape index (κ1) is 126. The number of amides is 12. The van der Waals surface area contributed by atoms with Crippen molar-refractivity contribution in [1.29, 1.82) is 43.3 Å². The molecule has 2 aromatic rings. The van der Waals surface area contributed by atoms with Crippen molar-refractivity contribution in [3.8, 4) is 0 Å². The molecule has 150 heavy (non-hydrogen) atoms. The van der Waals surface area contributed by atoms with Gasteiger partial charge >= 0.3 is 0 Å². The second kappa shape index (κ2) is 62.1. The average molecular weight is 2160 g/mol. The molecular formula is C92H154N37O18S3+. The predicted molar refractivity (Wildman–Crippen MR) is 569 cm³/mol. The number of fused-ring (bicyclic) bond motifs is 2. The zero-order valence-electron chi connectivity index (χ0n) is 85.6. The number of hydrogen-bond acceptors (Lipinski definition) is 27. The monoisotopic (exact) mass is 2160 g/mol. The van der Waals surface area contributed by atoms with E-state index < -0.39 is 185 Å². The highest BCUT2D eigenvalue weighted by Gasteiger charge is 2.47. The number of guanidine groups is 7. The van der Waals surface area contributed by atoms with E-state index in [-0.39, 0.29) is 220 Å². The van der Waals surface area contributed by atoms with Crippen molar-refractivity contribution in [2.75, 3.05) is 89.7 Å². The third-order valence-electron chi connectivity index (χ3n) is 24.8. The fraction of sp³-hybridized carbons (Fsp3) is 0.576. The van der Waals surface area contributed by atoms with E-state index in [2.05, 4.69) is 99.9 Å². The molecule has 3 aliphatic heterocycles. The van der Waals surface area contributed by atoms with E-state index >= 15 is 14.4 Å². The first-order valence-corrected chi connectivity index (χ1v) is 53.3. The molecule has 1 unspecified atom stereocenters. The quantitative estimate of drug-likeness (QED) is 0.00562. The Morgan fingerprint density at radius 3 is 1.14 bits per heavy atom. The van der Waals surface area contributed by atoms with E-state index in [1.165, 1.54) is 31.3 Å². The maximum absolute atomic E-state index is 15.1. The van der Waals surface area contributed by atoms with Crippen molar-refractivity contribution in [1.82, 2.24) is 95.3 Å². The number of rotatable bonds is 69. The molecule has 0 saturated carbocycles. The van der Waals surface area contributed by atoms with Crippen LogP contribution in [-0.4, -0.2) is 304 Å². The minimum absolute atomic E-state index is 0.00547. The SMILES string of the molecule is CC[N+]1=C(/C=C/C=C/C=C2/N(CCCCCC(=O)NCCN3C(=O)CC(SC[C@@H](NC(=O)[C@@H](CCCCC(=N)N)NC(=O)[C@@H](CCCNC(=N)N)NC(=O)[C@@H](CCCNC(=N)N)NC(=O)[C@@H](CCCNC(=N)N)NC(=O)[C@@H](CCCNC(=N)N)NC(=O)[C@@H](CCCNC(=N)N)NC(=O)[C@@H](CCCNC(=N)N)NC(=O)[C@@H](CCCNC(=N)N)NC)C(N)=O)C3=O)c3ccc(S(=O)(=O)O)cc3C2(C)C)C(C)(C)c2cc(S(=O)(=O)O)ccc21. The largest absolute Gasteiger partial charge is 0.388 e. The van der Waals surface area contributed by atoms with E-state index in [4.69, 9.17) is 94.9 Å². The van der Waals surface area contributed by atoms with Crippen LogP contribution in [0.2, 0.25) is 0 Å². The molecule has 3 aliphatic rings. The lowest BCUT2D eigenvalue weighted by molar-refractivity contribution is -0.433. The first-order chi connectivity index (χ1) is 70.6. The van der Waals surface area contributed by atoms with E-state index in [0.29, 0.717) is 50.0 Å². The van der Waals surface area contributed by atoms with Gasteiger partial charge in [0.1, 0.15) is 54.9 Å². The van der Waals surface area contributed by atoms with Crippen LogP contribution in [0.25, 0.3) is 0 Å². The van der Waals surface area contributed by atoms with Crippen LogP contribution in [0.1, 0.15) is 193 Å². The van der Waals surface area contributed by atoms with Gasteiger partial charge in [-0.3, -0.25) is 115 Å². The molecule has 2 aromatic carbocycles. The van der Waals surface area contributed by atoms with Crippen LogP contribution in [0.4, 0.5) is 11.4 Å². The molecule has 3 heterocycles. The number of benzene rings is 2. The molecule has 1 saturated heterocycles. The van der Waals surface area contributed by atoms with Crippen LogP contribution >= 0.6 is 11.8 Å². The third-order valence-corrected chi connectivity index (χ3v) is 27.8. The van der Waals surface area contributed by atoms with Crippen LogP contribution < -0.4 is 147 Å². The van der Waals surface area contributed by atoms with E-state index in [9.17, 15) is 69.1 Å². The third kappa shape index (κ3) is 42.6. The summed E-state index contributed by atoms with van der Waals surface area (Å²) in [5.74, 6) is -13.8. The summed E-state index contributed by atoms with van der Waals surface area (Å²) in [6.07, 6.45) is 10.2. The normalized spacial score (nSPS) is 16.0. The minimum atomic E-state index is -4.58. The molecule has 0 spiro atoms. The number of nitrogens with two attached hydrogens (primary N) is 9. The summed E-state index contributed by atoms with van der Waals surface area (Å²) in [5, 5.41) is 106. The lowest BCUT2D eigenvalue weighted by atomic mass is 9.81. The summed E-state index contributed by atoms with van der Waals surface area (Å²) in [6, 6.07) is -4.42.